The van der Waals surface area contributed by atoms with Crippen LogP contribution in [0.2, 0.25) is 0 Å². The molecule has 0 spiro atoms. The molecule has 4 rings (SSSR count). The van der Waals surface area contributed by atoms with Gasteiger partial charge in [0.2, 0.25) is 5.91 Å². The van der Waals surface area contributed by atoms with Gasteiger partial charge in [-0.3, -0.25) is 4.79 Å². The van der Waals surface area contributed by atoms with Gasteiger partial charge in [0.05, 0.1) is 5.56 Å². The van der Waals surface area contributed by atoms with E-state index in [1.54, 1.807) is 0 Å². The molecular weight excluding hydrogens is 336 g/mol. The fourth-order valence-electron chi connectivity index (χ4n) is 5.35. The summed E-state index contributed by atoms with van der Waals surface area (Å²) in [7, 11) is 0. The topological polar surface area (TPSA) is 60.2 Å². The number of rotatable bonds is 3. The van der Waals surface area contributed by atoms with Crippen LogP contribution >= 0.6 is 0 Å². The summed E-state index contributed by atoms with van der Waals surface area (Å²) in [6.07, 6.45) is 6.69. The van der Waals surface area contributed by atoms with Crippen molar-refractivity contribution in [3.63, 3.8) is 0 Å². The maximum Gasteiger partial charge on any atom is 0.222 e. The molecule has 2 aliphatic heterocycles. The molecule has 2 saturated heterocycles. The van der Waals surface area contributed by atoms with Crippen LogP contribution in [0.5, 0.6) is 0 Å². The number of pyridine rings is 1. The fourth-order valence-corrected chi connectivity index (χ4v) is 5.35. The quantitative estimate of drug-likeness (QED) is 0.822. The molecule has 1 amide bonds. The van der Waals surface area contributed by atoms with E-state index < -0.39 is 0 Å². The summed E-state index contributed by atoms with van der Waals surface area (Å²) in [4.78, 5) is 21.8. The van der Waals surface area contributed by atoms with Crippen LogP contribution in [0, 0.1) is 42.9 Å². The first-order chi connectivity index (χ1) is 13.0. The van der Waals surface area contributed by atoms with Crippen LogP contribution in [0.1, 0.15) is 55.3 Å². The second kappa shape index (κ2) is 7.50. The number of hydrogen-bond donors (Lipinski definition) is 0. The van der Waals surface area contributed by atoms with Crippen molar-refractivity contribution in [2.24, 2.45) is 17.8 Å². The normalized spacial score (nSPS) is 25.5. The summed E-state index contributed by atoms with van der Waals surface area (Å²) in [6.45, 7) is 7.73. The van der Waals surface area contributed by atoms with Crippen LogP contribution in [0.15, 0.2) is 6.07 Å². The zero-order chi connectivity index (χ0) is 19.0. The first-order valence-corrected chi connectivity index (χ1v) is 10.5. The van der Waals surface area contributed by atoms with Gasteiger partial charge in [0.1, 0.15) is 11.9 Å². The predicted octanol–water partition coefficient (Wildman–Crippen LogP) is 3.44. The number of hydrogen-bond acceptors (Lipinski definition) is 4. The average molecular weight is 367 g/mol. The molecule has 5 nitrogen and oxygen atoms in total. The van der Waals surface area contributed by atoms with Gasteiger partial charge in [-0.2, -0.15) is 5.26 Å². The number of amides is 1. The number of carbonyl (C=O) groups excluding carboxylic acids is 1. The lowest BCUT2D eigenvalue weighted by molar-refractivity contribution is -0.131. The summed E-state index contributed by atoms with van der Waals surface area (Å²) in [5.74, 6) is 3.20. The number of anilines is 1. The molecule has 1 aliphatic carbocycles. The van der Waals surface area contributed by atoms with E-state index in [4.69, 9.17) is 0 Å². The van der Waals surface area contributed by atoms with Crippen molar-refractivity contribution < 1.29 is 4.79 Å². The first-order valence-electron chi connectivity index (χ1n) is 10.5. The smallest absolute Gasteiger partial charge is 0.222 e. The van der Waals surface area contributed by atoms with Crippen LogP contribution in [0.4, 0.5) is 5.82 Å². The van der Waals surface area contributed by atoms with E-state index in [1.165, 1.54) is 19.3 Å². The number of carbonyl (C=O) groups is 1. The second-order valence-corrected chi connectivity index (χ2v) is 8.78. The van der Waals surface area contributed by atoms with Crippen molar-refractivity contribution in [2.45, 2.75) is 52.4 Å². The SMILES string of the molecule is Cc1cc(C)c(C#N)c(N2CCC(CC(=O)N3CC4CCCC4C3)CC2)n1. The minimum atomic E-state index is 0.366. The summed E-state index contributed by atoms with van der Waals surface area (Å²) in [5, 5.41) is 9.51. The summed E-state index contributed by atoms with van der Waals surface area (Å²) in [5.41, 5.74) is 2.65. The van der Waals surface area contributed by atoms with E-state index >= 15 is 0 Å². The molecule has 1 aromatic heterocycles. The summed E-state index contributed by atoms with van der Waals surface area (Å²) >= 11 is 0. The highest BCUT2D eigenvalue weighted by Crippen LogP contribution is 2.38. The Morgan fingerprint density at radius 1 is 1.19 bits per heavy atom. The zero-order valence-electron chi connectivity index (χ0n) is 16.6. The number of nitrogens with zero attached hydrogens (tertiary/aromatic N) is 4. The monoisotopic (exact) mass is 366 g/mol. The lowest BCUT2D eigenvalue weighted by Crippen LogP contribution is -2.38. The highest BCUT2D eigenvalue weighted by Gasteiger charge is 2.38. The Kier molecular flexibility index (Phi) is 5.08. The average Bonchev–Trinajstić information content (AvgIpc) is 3.24. The molecule has 144 valence electrons. The van der Waals surface area contributed by atoms with E-state index in [9.17, 15) is 10.1 Å². The molecular formula is C22H30N4O. The predicted molar refractivity (Wildman–Crippen MR) is 105 cm³/mol. The highest BCUT2D eigenvalue weighted by atomic mass is 16.2. The Balaban J connectivity index is 1.33. The van der Waals surface area contributed by atoms with Gasteiger partial charge in [-0.05, 0) is 68.9 Å². The first kappa shape index (κ1) is 18.3. The molecule has 0 N–H and O–H groups in total. The molecule has 5 heteroatoms. The van der Waals surface area contributed by atoms with Gasteiger partial charge < -0.3 is 9.80 Å². The highest BCUT2D eigenvalue weighted by molar-refractivity contribution is 5.77. The maximum absolute atomic E-state index is 12.7. The van der Waals surface area contributed by atoms with Crippen molar-refractivity contribution >= 4 is 11.7 Å². The van der Waals surface area contributed by atoms with Crippen molar-refractivity contribution in [3.8, 4) is 6.07 Å². The van der Waals surface area contributed by atoms with Crippen LogP contribution < -0.4 is 4.90 Å². The molecule has 3 heterocycles. The Morgan fingerprint density at radius 3 is 2.48 bits per heavy atom. The fraction of sp³-hybridized carbons (Fsp3) is 0.682. The molecule has 3 fully saturated rings. The minimum absolute atomic E-state index is 0.366. The van der Waals surface area contributed by atoms with Gasteiger partial charge in [0.15, 0.2) is 0 Å². The van der Waals surface area contributed by atoms with Crippen LogP contribution in [-0.4, -0.2) is 42.0 Å². The molecule has 1 saturated carbocycles. The van der Waals surface area contributed by atoms with Crippen molar-refractivity contribution in [1.29, 1.82) is 5.26 Å². The van der Waals surface area contributed by atoms with Crippen LogP contribution in [0.25, 0.3) is 0 Å². The zero-order valence-corrected chi connectivity index (χ0v) is 16.6. The van der Waals surface area contributed by atoms with E-state index in [0.717, 1.165) is 67.9 Å². The Labute approximate surface area is 162 Å². The van der Waals surface area contributed by atoms with E-state index in [2.05, 4.69) is 20.9 Å². The van der Waals surface area contributed by atoms with Gasteiger partial charge in [-0.15, -0.1) is 0 Å². The summed E-state index contributed by atoms with van der Waals surface area (Å²) in [6, 6.07) is 4.29. The molecule has 3 aliphatic rings. The molecule has 2 atom stereocenters. The number of aryl methyl sites for hydroxylation is 2. The number of likely N-dealkylation sites (tertiary alicyclic amines) is 1. The van der Waals surface area contributed by atoms with E-state index in [1.807, 2.05) is 19.9 Å². The number of piperidine rings is 1. The van der Waals surface area contributed by atoms with Crippen LogP contribution in [0.3, 0.4) is 0 Å². The maximum atomic E-state index is 12.7. The summed E-state index contributed by atoms with van der Waals surface area (Å²) < 4.78 is 0. The molecule has 27 heavy (non-hydrogen) atoms. The Morgan fingerprint density at radius 2 is 1.85 bits per heavy atom. The van der Waals surface area contributed by atoms with Crippen LogP contribution in [-0.2, 0) is 4.79 Å². The van der Waals surface area contributed by atoms with Crippen molar-refractivity contribution in [1.82, 2.24) is 9.88 Å². The largest absolute Gasteiger partial charge is 0.355 e. The van der Waals surface area contributed by atoms with Gasteiger partial charge in [0, 0.05) is 38.3 Å². The lowest BCUT2D eigenvalue weighted by atomic mass is 9.92. The molecule has 2 unspecified atom stereocenters. The third-order valence-corrected chi connectivity index (χ3v) is 6.89. The lowest BCUT2D eigenvalue weighted by Gasteiger charge is -2.34. The van der Waals surface area contributed by atoms with Gasteiger partial charge in [0.25, 0.3) is 0 Å². The van der Waals surface area contributed by atoms with Gasteiger partial charge >= 0.3 is 0 Å². The van der Waals surface area contributed by atoms with E-state index in [0.29, 0.717) is 23.8 Å². The molecule has 0 bridgehead atoms. The van der Waals surface area contributed by atoms with Gasteiger partial charge in [-0.1, -0.05) is 6.42 Å². The van der Waals surface area contributed by atoms with Gasteiger partial charge in [-0.25, -0.2) is 4.98 Å². The number of aromatic nitrogens is 1. The molecule has 0 aromatic carbocycles. The van der Waals surface area contributed by atoms with Crippen molar-refractivity contribution in [2.75, 3.05) is 31.1 Å². The second-order valence-electron chi connectivity index (χ2n) is 8.78. The molecule has 1 aromatic rings. The number of fused-ring (bicyclic) bond motifs is 1. The standard InChI is InChI=1S/C22H30N4O/c1-15-10-16(2)24-22(20(15)12-23)25-8-6-17(7-9-25)11-21(27)26-13-18-4-3-5-19(18)14-26/h10,17-19H,3-9,11,13-14H2,1-2H3. The Bertz CT molecular complexity index is 748. The third kappa shape index (κ3) is 3.67. The Hall–Kier alpha value is -2.09. The third-order valence-electron chi connectivity index (χ3n) is 6.89. The number of nitriles is 1. The van der Waals surface area contributed by atoms with E-state index in [-0.39, 0.29) is 0 Å². The molecule has 0 radical (unpaired) electrons. The van der Waals surface area contributed by atoms with Crippen molar-refractivity contribution in [3.05, 3.63) is 22.9 Å². The minimum Gasteiger partial charge on any atom is -0.355 e.